The van der Waals surface area contributed by atoms with Gasteiger partial charge in [-0.3, -0.25) is 0 Å². The summed E-state index contributed by atoms with van der Waals surface area (Å²) in [6.45, 7) is 2.37. The fourth-order valence-electron chi connectivity index (χ4n) is 3.21. The molecule has 4 aromatic rings. The number of thiophene rings is 1. The summed E-state index contributed by atoms with van der Waals surface area (Å²) < 4.78 is 17.2. The van der Waals surface area contributed by atoms with Crippen molar-refractivity contribution in [2.24, 2.45) is 0 Å². The van der Waals surface area contributed by atoms with Crippen LogP contribution in [-0.2, 0) is 17.6 Å². The SMILES string of the molecule is Cc1oc(-c2cccs2)nc1CCOc1ccc(C[C@H](Oc2ccccc2)C(=O)O)cc1. The first-order chi connectivity index (χ1) is 15.6. The average Bonchev–Trinajstić information content (AvgIpc) is 3.45. The smallest absolute Gasteiger partial charge is 0.345 e. The topological polar surface area (TPSA) is 81.8 Å². The van der Waals surface area contributed by atoms with Crippen LogP contribution in [0.1, 0.15) is 17.0 Å². The number of aliphatic carboxylic acids is 1. The monoisotopic (exact) mass is 449 g/mol. The standard InChI is InChI=1S/C25H23NO5S/c1-17-21(26-24(30-17)23-8-5-15-32-23)13-14-29-19-11-9-18(10-12-19)16-22(25(27)28)31-20-6-3-2-4-7-20/h2-12,15,22H,13-14,16H2,1H3,(H,27,28)/t22-/m0/s1. The number of carboxylic acid groups (broad SMARTS) is 1. The van der Waals surface area contributed by atoms with Crippen LogP contribution in [0, 0.1) is 6.92 Å². The molecule has 32 heavy (non-hydrogen) atoms. The molecule has 2 aromatic heterocycles. The van der Waals surface area contributed by atoms with Crippen LogP contribution in [0.5, 0.6) is 11.5 Å². The zero-order chi connectivity index (χ0) is 22.3. The van der Waals surface area contributed by atoms with Gasteiger partial charge in [0.1, 0.15) is 17.3 Å². The first kappa shape index (κ1) is 21.6. The lowest BCUT2D eigenvalue weighted by Crippen LogP contribution is -2.29. The Bertz CT molecular complexity index is 1140. The van der Waals surface area contributed by atoms with Gasteiger partial charge in [0.25, 0.3) is 0 Å². The lowest BCUT2D eigenvalue weighted by molar-refractivity contribution is -0.145. The minimum absolute atomic E-state index is 0.258. The molecule has 7 heteroatoms. The summed E-state index contributed by atoms with van der Waals surface area (Å²) in [5.74, 6) is 1.68. The maximum Gasteiger partial charge on any atom is 0.345 e. The van der Waals surface area contributed by atoms with E-state index in [-0.39, 0.29) is 6.42 Å². The summed E-state index contributed by atoms with van der Waals surface area (Å²) in [6.07, 6.45) is -0.0698. The van der Waals surface area contributed by atoms with Gasteiger partial charge in [0.05, 0.1) is 17.2 Å². The van der Waals surface area contributed by atoms with Crippen LogP contribution in [0.4, 0.5) is 0 Å². The molecule has 0 radical (unpaired) electrons. The third-order valence-corrected chi connectivity index (χ3v) is 5.73. The van der Waals surface area contributed by atoms with Gasteiger partial charge in [-0.15, -0.1) is 11.3 Å². The number of ether oxygens (including phenoxy) is 2. The van der Waals surface area contributed by atoms with E-state index < -0.39 is 12.1 Å². The second-order valence-corrected chi connectivity index (χ2v) is 8.15. The van der Waals surface area contributed by atoms with Gasteiger partial charge in [-0.2, -0.15) is 0 Å². The van der Waals surface area contributed by atoms with Gasteiger partial charge in [0.2, 0.25) is 5.89 Å². The molecule has 0 fully saturated rings. The normalized spacial score (nSPS) is 11.8. The van der Waals surface area contributed by atoms with Crippen molar-refractivity contribution >= 4 is 17.3 Å². The molecule has 1 N–H and O–H groups in total. The number of oxazole rings is 1. The number of hydrogen-bond acceptors (Lipinski definition) is 6. The van der Waals surface area contributed by atoms with E-state index in [4.69, 9.17) is 13.9 Å². The molecule has 164 valence electrons. The molecule has 0 aliphatic rings. The van der Waals surface area contributed by atoms with Gasteiger partial charge in [-0.05, 0) is 48.2 Å². The number of rotatable bonds is 10. The van der Waals surface area contributed by atoms with Gasteiger partial charge in [-0.1, -0.05) is 36.4 Å². The van der Waals surface area contributed by atoms with Crippen molar-refractivity contribution in [3.63, 3.8) is 0 Å². The number of aromatic nitrogens is 1. The number of carbonyl (C=O) groups is 1. The van der Waals surface area contributed by atoms with Crippen molar-refractivity contribution in [1.29, 1.82) is 0 Å². The van der Waals surface area contributed by atoms with Gasteiger partial charge in [0, 0.05) is 12.8 Å². The van der Waals surface area contributed by atoms with E-state index in [1.165, 1.54) is 0 Å². The number of para-hydroxylation sites is 1. The van der Waals surface area contributed by atoms with Crippen LogP contribution in [0.15, 0.2) is 76.5 Å². The molecule has 6 nitrogen and oxygen atoms in total. The predicted molar refractivity (Wildman–Crippen MR) is 122 cm³/mol. The summed E-state index contributed by atoms with van der Waals surface area (Å²) in [4.78, 5) is 17.2. The van der Waals surface area contributed by atoms with Crippen molar-refractivity contribution in [2.75, 3.05) is 6.61 Å². The Morgan fingerprint density at radius 2 is 1.84 bits per heavy atom. The van der Waals surface area contributed by atoms with E-state index in [0.29, 0.717) is 30.4 Å². The van der Waals surface area contributed by atoms with Crippen LogP contribution in [0.2, 0.25) is 0 Å². The molecule has 0 aliphatic carbocycles. The molecule has 0 aliphatic heterocycles. The highest BCUT2D eigenvalue weighted by Gasteiger charge is 2.20. The molecule has 0 saturated carbocycles. The zero-order valence-electron chi connectivity index (χ0n) is 17.6. The average molecular weight is 450 g/mol. The van der Waals surface area contributed by atoms with E-state index in [0.717, 1.165) is 21.9 Å². The molecular weight excluding hydrogens is 426 g/mol. The molecule has 1 atom stereocenters. The number of aryl methyl sites for hydroxylation is 1. The van der Waals surface area contributed by atoms with Crippen molar-refractivity contribution in [3.8, 4) is 22.3 Å². The van der Waals surface area contributed by atoms with Crippen molar-refractivity contribution in [3.05, 3.63) is 89.1 Å². The summed E-state index contributed by atoms with van der Waals surface area (Å²) in [5.41, 5.74) is 1.74. The molecule has 0 saturated heterocycles. The van der Waals surface area contributed by atoms with Crippen molar-refractivity contribution < 1.29 is 23.8 Å². The Morgan fingerprint density at radius 1 is 1.06 bits per heavy atom. The van der Waals surface area contributed by atoms with Crippen LogP contribution in [0.3, 0.4) is 0 Å². The van der Waals surface area contributed by atoms with E-state index in [2.05, 4.69) is 4.98 Å². The maximum atomic E-state index is 11.6. The first-order valence-corrected chi connectivity index (χ1v) is 11.1. The van der Waals surface area contributed by atoms with Crippen LogP contribution in [-0.4, -0.2) is 28.8 Å². The van der Waals surface area contributed by atoms with Gasteiger partial charge >= 0.3 is 5.97 Å². The second kappa shape index (κ2) is 10.2. The van der Waals surface area contributed by atoms with Crippen LogP contribution in [0.25, 0.3) is 10.8 Å². The number of carboxylic acids is 1. The molecular formula is C25H23NO5S. The quantitative estimate of drug-likeness (QED) is 0.349. The van der Waals surface area contributed by atoms with E-state index in [9.17, 15) is 9.90 Å². The minimum Gasteiger partial charge on any atom is -0.493 e. The van der Waals surface area contributed by atoms with Crippen LogP contribution >= 0.6 is 11.3 Å². The third-order valence-electron chi connectivity index (χ3n) is 4.87. The highest BCUT2D eigenvalue weighted by molar-refractivity contribution is 7.13. The Morgan fingerprint density at radius 3 is 2.53 bits per heavy atom. The molecule has 0 bridgehead atoms. The lowest BCUT2D eigenvalue weighted by Gasteiger charge is -2.15. The number of hydrogen-bond donors (Lipinski definition) is 1. The Balaban J connectivity index is 1.30. The Labute approximate surface area is 190 Å². The second-order valence-electron chi connectivity index (χ2n) is 7.20. The highest BCUT2D eigenvalue weighted by Crippen LogP contribution is 2.26. The summed E-state index contributed by atoms with van der Waals surface area (Å²) in [6, 6.07) is 20.3. The fraction of sp³-hybridized carbons (Fsp3) is 0.200. The summed E-state index contributed by atoms with van der Waals surface area (Å²) >= 11 is 1.59. The van der Waals surface area contributed by atoms with Gasteiger partial charge in [-0.25, -0.2) is 9.78 Å². The van der Waals surface area contributed by atoms with Gasteiger partial charge in [0.15, 0.2) is 6.10 Å². The largest absolute Gasteiger partial charge is 0.493 e. The summed E-state index contributed by atoms with van der Waals surface area (Å²) in [7, 11) is 0. The van der Waals surface area contributed by atoms with Gasteiger partial charge < -0.3 is 19.0 Å². The Hall–Kier alpha value is -3.58. The predicted octanol–water partition coefficient (Wildman–Crippen LogP) is 5.41. The Kier molecular flexibility index (Phi) is 6.87. The maximum absolute atomic E-state index is 11.6. The number of benzene rings is 2. The van der Waals surface area contributed by atoms with E-state index in [1.54, 1.807) is 23.5 Å². The highest BCUT2D eigenvalue weighted by atomic mass is 32.1. The van der Waals surface area contributed by atoms with Crippen molar-refractivity contribution in [1.82, 2.24) is 4.98 Å². The molecule has 4 rings (SSSR count). The van der Waals surface area contributed by atoms with Crippen LogP contribution < -0.4 is 9.47 Å². The molecule has 0 spiro atoms. The summed E-state index contributed by atoms with van der Waals surface area (Å²) in [5, 5.41) is 11.5. The van der Waals surface area contributed by atoms with E-state index in [1.807, 2.05) is 66.9 Å². The molecule has 0 unspecified atom stereocenters. The minimum atomic E-state index is -1.00. The molecule has 2 aromatic carbocycles. The number of nitrogens with zero attached hydrogens (tertiary/aromatic N) is 1. The fourth-order valence-corrected chi connectivity index (χ4v) is 3.86. The molecule has 0 amide bonds. The third kappa shape index (κ3) is 5.56. The van der Waals surface area contributed by atoms with Crippen molar-refractivity contribution in [2.45, 2.75) is 25.9 Å². The first-order valence-electron chi connectivity index (χ1n) is 10.2. The zero-order valence-corrected chi connectivity index (χ0v) is 18.4. The lowest BCUT2D eigenvalue weighted by atomic mass is 10.1. The van der Waals surface area contributed by atoms with E-state index >= 15 is 0 Å². The molecule has 2 heterocycles.